The largest absolute Gasteiger partial charge is 0.505 e. The average Bonchev–Trinajstić information content (AvgIpc) is 2.64. The van der Waals surface area contributed by atoms with Crippen LogP contribution in [0.15, 0.2) is 0 Å². The summed E-state index contributed by atoms with van der Waals surface area (Å²) in [5, 5.41) is 13.8. The molecule has 0 radical (unpaired) electrons. The fourth-order valence-corrected chi connectivity index (χ4v) is 1.34. The lowest BCUT2D eigenvalue weighted by molar-refractivity contribution is -0.122. The third kappa shape index (κ3) is 3.61. The summed E-state index contributed by atoms with van der Waals surface area (Å²) in [5.74, 6) is -0.0866. The van der Waals surface area contributed by atoms with E-state index in [0.29, 0.717) is 0 Å². The van der Waals surface area contributed by atoms with Crippen molar-refractivity contribution in [2.75, 3.05) is 19.7 Å². The molecular weight excluding hydrogens is 188 g/mol. The molecule has 1 saturated heterocycles. The van der Waals surface area contributed by atoms with Gasteiger partial charge in [0, 0.05) is 0 Å². The van der Waals surface area contributed by atoms with Crippen molar-refractivity contribution in [2.24, 2.45) is 0 Å². The van der Waals surface area contributed by atoms with Crippen molar-refractivity contribution < 1.29 is 19.4 Å². The Morgan fingerprint density at radius 2 is 2.36 bits per heavy atom. The predicted octanol–water partition coefficient (Wildman–Crippen LogP) is -0.451. The summed E-state index contributed by atoms with van der Waals surface area (Å²) in [7, 11) is 0. The fraction of sp³-hybridized carbons (Fsp3) is 0.750. The third-order valence-corrected chi connectivity index (χ3v) is 2.00. The Hall–Kier alpha value is -1.30. The number of carboxylic acid groups (broad SMARTS) is 1. The molecule has 1 heterocycles. The second-order valence-electron chi connectivity index (χ2n) is 3.05. The number of nitrogens with one attached hydrogen (secondary N) is 2. The Labute approximate surface area is 81.6 Å². The summed E-state index contributed by atoms with van der Waals surface area (Å²) in [6, 6.07) is -0.125. The first-order valence-electron chi connectivity index (χ1n) is 4.57. The minimum absolute atomic E-state index is 0.00616. The van der Waals surface area contributed by atoms with Crippen LogP contribution in [0.3, 0.4) is 0 Å². The van der Waals surface area contributed by atoms with Crippen molar-refractivity contribution in [3.05, 3.63) is 0 Å². The van der Waals surface area contributed by atoms with Crippen LogP contribution in [0.1, 0.15) is 12.8 Å². The fourth-order valence-electron chi connectivity index (χ4n) is 1.34. The van der Waals surface area contributed by atoms with Gasteiger partial charge in [0.2, 0.25) is 5.91 Å². The number of carbonyl (C=O) groups is 2. The van der Waals surface area contributed by atoms with Gasteiger partial charge in [0.05, 0.1) is 12.6 Å². The molecule has 1 rings (SSSR count). The van der Waals surface area contributed by atoms with E-state index in [0.717, 1.165) is 19.4 Å². The summed E-state index contributed by atoms with van der Waals surface area (Å²) in [4.78, 5) is 21.3. The van der Waals surface area contributed by atoms with Gasteiger partial charge in [0.1, 0.15) is 6.61 Å². The van der Waals surface area contributed by atoms with E-state index in [4.69, 9.17) is 5.11 Å². The van der Waals surface area contributed by atoms with Crippen molar-refractivity contribution >= 4 is 12.1 Å². The third-order valence-electron chi connectivity index (χ3n) is 2.00. The van der Waals surface area contributed by atoms with Crippen molar-refractivity contribution in [1.29, 1.82) is 0 Å². The minimum Gasteiger partial charge on any atom is -0.450 e. The van der Waals surface area contributed by atoms with E-state index in [1.165, 1.54) is 0 Å². The Kier molecular flexibility index (Phi) is 4.18. The molecule has 0 aliphatic carbocycles. The first-order chi connectivity index (χ1) is 6.70. The molecule has 1 fully saturated rings. The van der Waals surface area contributed by atoms with Crippen molar-refractivity contribution in [1.82, 2.24) is 10.6 Å². The molecule has 0 bridgehead atoms. The van der Waals surface area contributed by atoms with Gasteiger partial charge in [-0.3, -0.25) is 4.79 Å². The van der Waals surface area contributed by atoms with E-state index in [2.05, 4.69) is 15.4 Å². The van der Waals surface area contributed by atoms with Gasteiger partial charge in [0.15, 0.2) is 0 Å². The first kappa shape index (κ1) is 10.8. The second kappa shape index (κ2) is 5.43. The molecule has 1 atom stereocenters. The van der Waals surface area contributed by atoms with Crippen LogP contribution in [0.25, 0.3) is 0 Å². The highest BCUT2D eigenvalue weighted by Crippen LogP contribution is 2.03. The van der Waals surface area contributed by atoms with Crippen LogP contribution < -0.4 is 10.6 Å². The van der Waals surface area contributed by atoms with Crippen LogP contribution in [-0.2, 0) is 9.53 Å². The quantitative estimate of drug-likeness (QED) is 0.424. The molecule has 1 aliphatic rings. The SMILES string of the molecule is O=C(O)OCCNC(=O)C1CCCN1. The van der Waals surface area contributed by atoms with Gasteiger partial charge in [-0.05, 0) is 19.4 Å². The maximum atomic E-state index is 11.3. The molecule has 6 nitrogen and oxygen atoms in total. The number of amides is 1. The number of carbonyl (C=O) groups excluding carboxylic acids is 1. The lowest BCUT2D eigenvalue weighted by Gasteiger charge is -2.10. The van der Waals surface area contributed by atoms with Gasteiger partial charge < -0.3 is 20.5 Å². The second-order valence-corrected chi connectivity index (χ2v) is 3.05. The van der Waals surface area contributed by atoms with Crippen LogP contribution in [0.4, 0.5) is 4.79 Å². The summed E-state index contributed by atoms with van der Waals surface area (Å²) in [5.41, 5.74) is 0. The Morgan fingerprint density at radius 1 is 1.57 bits per heavy atom. The molecule has 0 aromatic rings. The van der Waals surface area contributed by atoms with Crippen LogP contribution in [0, 0.1) is 0 Å². The molecule has 14 heavy (non-hydrogen) atoms. The molecular formula is C8H14N2O4. The summed E-state index contributed by atoms with van der Waals surface area (Å²) in [6.45, 7) is 1.08. The molecule has 1 aliphatic heterocycles. The normalized spacial score (nSPS) is 20.4. The van der Waals surface area contributed by atoms with E-state index < -0.39 is 6.16 Å². The van der Waals surface area contributed by atoms with Crippen LogP contribution in [0.5, 0.6) is 0 Å². The van der Waals surface area contributed by atoms with Gasteiger partial charge in [-0.15, -0.1) is 0 Å². The Bertz CT molecular complexity index is 213. The summed E-state index contributed by atoms with van der Waals surface area (Å²) in [6.07, 6.45) is 0.522. The smallest absolute Gasteiger partial charge is 0.450 e. The van der Waals surface area contributed by atoms with Crippen LogP contribution >= 0.6 is 0 Å². The van der Waals surface area contributed by atoms with E-state index in [9.17, 15) is 9.59 Å². The van der Waals surface area contributed by atoms with Gasteiger partial charge in [-0.1, -0.05) is 0 Å². The zero-order valence-corrected chi connectivity index (χ0v) is 7.78. The van der Waals surface area contributed by atoms with Gasteiger partial charge in [-0.25, -0.2) is 4.79 Å². The molecule has 80 valence electrons. The molecule has 0 aromatic heterocycles. The molecule has 0 spiro atoms. The van der Waals surface area contributed by atoms with Crippen LogP contribution in [0.2, 0.25) is 0 Å². The number of hydrogen-bond acceptors (Lipinski definition) is 4. The van der Waals surface area contributed by atoms with E-state index in [-0.39, 0.29) is 25.1 Å². The van der Waals surface area contributed by atoms with Crippen molar-refractivity contribution in [2.45, 2.75) is 18.9 Å². The maximum Gasteiger partial charge on any atom is 0.505 e. The van der Waals surface area contributed by atoms with Gasteiger partial charge >= 0.3 is 6.16 Å². The number of rotatable bonds is 4. The van der Waals surface area contributed by atoms with E-state index >= 15 is 0 Å². The topological polar surface area (TPSA) is 87.7 Å². The standard InChI is InChI=1S/C8H14N2O4/c11-7(6-2-1-3-9-6)10-4-5-14-8(12)13/h6,9H,1-5H2,(H,10,11)(H,12,13). The Morgan fingerprint density at radius 3 is 2.93 bits per heavy atom. The monoisotopic (exact) mass is 202 g/mol. The molecule has 1 amide bonds. The predicted molar refractivity (Wildman–Crippen MR) is 48.0 cm³/mol. The summed E-state index contributed by atoms with van der Waals surface area (Å²) >= 11 is 0. The maximum absolute atomic E-state index is 11.3. The van der Waals surface area contributed by atoms with Crippen molar-refractivity contribution in [3.8, 4) is 0 Å². The zero-order chi connectivity index (χ0) is 10.4. The lowest BCUT2D eigenvalue weighted by Crippen LogP contribution is -2.41. The van der Waals surface area contributed by atoms with Gasteiger partial charge in [-0.2, -0.15) is 0 Å². The zero-order valence-electron chi connectivity index (χ0n) is 7.78. The van der Waals surface area contributed by atoms with Crippen LogP contribution in [-0.4, -0.2) is 42.9 Å². The lowest BCUT2D eigenvalue weighted by atomic mass is 10.2. The minimum atomic E-state index is -1.32. The summed E-state index contributed by atoms with van der Waals surface area (Å²) < 4.78 is 4.24. The van der Waals surface area contributed by atoms with E-state index in [1.807, 2.05) is 0 Å². The first-order valence-corrected chi connectivity index (χ1v) is 4.57. The average molecular weight is 202 g/mol. The highest BCUT2D eigenvalue weighted by Gasteiger charge is 2.21. The van der Waals surface area contributed by atoms with Crippen molar-refractivity contribution in [3.63, 3.8) is 0 Å². The molecule has 0 saturated carbocycles. The van der Waals surface area contributed by atoms with E-state index in [1.54, 1.807) is 0 Å². The molecule has 1 unspecified atom stereocenters. The molecule has 6 heteroatoms. The molecule has 0 aromatic carbocycles. The molecule has 3 N–H and O–H groups in total. The van der Waals surface area contributed by atoms with Gasteiger partial charge in [0.25, 0.3) is 0 Å². The highest BCUT2D eigenvalue weighted by atomic mass is 16.7. The number of hydrogen-bond donors (Lipinski definition) is 3. The highest BCUT2D eigenvalue weighted by molar-refractivity contribution is 5.81. The number of ether oxygens (including phenoxy) is 1. The Balaban J connectivity index is 2.05.